The Hall–Kier alpha value is -2.56. The molecule has 0 aliphatic carbocycles. The Morgan fingerprint density at radius 2 is 1.79 bits per heavy atom. The first kappa shape index (κ1) is 16.3. The molecule has 2 heterocycles. The molecule has 24 heavy (non-hydrogen) atoms. The van der Waals surface area contributed by atoms with Gasteiger partial charge < -0.3 is 14.8 Å². The topological polar surface area (TPSA) is 56.4 Å². The number of aryl methyl sites for hydroxylation is 1. The van der Waals surface area contributed by atoms with Crippen molar-refractivity contribution in [3.8, 4) is 0 Å². The molecular weight excluding hydrogens is 302 g/mol. The van der Waals surface area contributed by atoms with Gasteiger partial charge in [-0.05, 0) is 36.6 Å². The monoisotopic (exact) mass is 325 g/mol. The highest BCUT2D eigenvalue weighted by Gasteiger charge is 2.23. The van der Waals surface area contributed by atoms with Crippen LogP contribution >= 0.6 is 0 Å². The van der Waals surface area contributed by atoms with Gasteiger partial charge in [0.25, 0.3) is 5.91 Å². The molecule has 2 amide bonds. The van der Waals surface area contributed by atoms with Crippen molar-refractivity contribution in [2.75, 3.05) is 26.2 Å². The third-order valence-electron chi connectivity index (χ3n) is 4.53. The van der Waals surface area contributed by atoms with Gasteiger partial charge >= 0.3 is 0 Å². The van der Waals surface area contributed by atoms with Crippen LogP contribution < -0.4 is 0 Å². The minimum atomic E-state index is 0.0630. The molecule has 126 valence electrons. The van der Waals surface area contributed by atoms with E-state index in [1.165, 1.54) is 0 Å². The molecule has 5 nitrogen and oxygen atoms in total. The van der Waals surface area contributed by atoms with Crippen LogP contribution in [0.15, 0.2) is 42.7 Å². The lowest BCUT2D eigenvalue weighted by atomic mass is 10.1. The van der Waals surface area contributed by atoms with E-state index in [1.807, 2.05) is 59.4 Å². The summed E-state index contributed by atoms with van der Waals surface area (Å²) < 4.78 is 0. The van der Waals surface area contributed by atoms with Gasteiger partial charge in [-0.2, -0.15) is 0 Å². The normalized spacial score (nSPS) is 15.2. The number of nitrogens with one attached hydrogen (secondary N) is 1. The molecule has 1 N–H and O–H groups in total. The number of H-pyrrole nitrogens is 1. The molecule has 1 aliphatic rings. The average molecular weight is 325 g/mol. The Balaban J connectivity index is 1.61. The molecule has 0 saturated carbocycles. The Kier molecular flexibility index (Phi) is 4.99. The number of rotatable bonds is 3. The maximum absolute atomic E-state index is 12.7. The van der Waals surface area contributed by atoms with Crippen molar-refractivity contribution in [3.05, 3.63) is 59.4 Å². The molecular formula is C19H23N3O2. The zero-order valence-electron chi connectivity index (χ0n) is 14.0. The van der Waals surface area contributed by atoms with Crippen LogP contribution in [-0.2, 0) is 11.2 Å². The van der Waals surface area contributed by atoms with Gasteiger partial charge in [0.1, 0.15) is 0 Å². The molecule has 0 bridgehead atoms. The van der Waals surface area contributed by atoms with Gasteiger partial charge in [-0.1, -0.05) is 18.2 Å². The van der Waals surface area contributed by atoms with Crippen LogP contribution in [0.3, 0.4) is 0 Å². The minimum Gasteiger partial charge on any atom is -0.367 e. The molecule has 1 saturated heterocycles. The number of amides is 2. The number of carbonyl (C=O) groups is 2. The standard InChI is InChI=1S/C19H23N3O2/c1-15-5-2-3-6-17(15)19(24)22-10-4-9-21(11-12-22)18(23)13-16-7-8-20-14-16/h2-3,5-8,14,20H,4,9-13H2,1H3. The average Bonchev–Trinajstić information content (AvgIpc) is 2.96. The molecule has 0 atom stereocenters. The minimum absolute atomic E-state index is 0.0630. The van der Waals surface area contributed by atoms with Crippen LogP contribution in [-0.4, -0.2) is 52.8 Å². The van der Waals surface area contributed by atoms with Crippen molar-refractivity contribution < 1.29 is 9.59 Å². The second-order valence-corrected chi connectivity index (χ2v) is 6.24. The number of hydrogen-bond acceptors (Lipinski definition) is 2. The van der Waals surface area contributed by atoms with Crippen LogP contribution in [0, 0.1) is 6.92 Å². The van der Waals surface area contributed by atoms with E-state index in [1.54, 1.807) is 0 Å². The van der Waals surface area contributed by atoms with Crippen LogP contribution in [0.2, 0.25) is 0 Å². The lowest BCUT2D eigenvalue weighted by Crippen LogP contribution is -2.38. The lowest BCUT2D eigenvalue weighted by molar-refractivity contribution is -0.130. The predicted octanol–water partition coefficient (Wildman–Crippen LogP) is 2.24. The molecule has 3 rings (SSSR count). The molecule has 1 aliphatic heterocycles. The first-order valence-corrected chi connectivity index (χ1v) is 8.39. The Labute approximate surface area is 142 Å². The molecule has 5 heteroatoms. The summed E-state index contributed by atoms with van der Waals surface area (Å²) in [5.41, 5.74) is 2.74. The predicted molar refractivity (Wildman–Crippen MR) is 92.8 cm³/mol. The number of aromatic amines is 1. The molecule has 0 spiro atoms. The molecule has 2 aromatic rings. The molecule has 1 aromatic heterocycles. The van der Waals surface area contributed by atoms with Gasteiger partial charge in [0.15, 0.2) is 0 Å². The van der Waals surface area contributed by atoms with Crippen molar-refractivity contribution >= 4 is 11.8 Å². The van der Waals surface area contributed by atoms with E-state index in [2.05, 4.69) is 4.98 Å². The number of hydrogen-bond donors (Lipinski definition) is 1. The molecule has 1 aromatic carbocycles. The summed E-state index contributed by atoms with van der Waals surface area (Å²) in [7, 11) is 0. The van der Waals surface area contributed by atoms with Gasteiger partial charge in [0.05, 0.1) is 6.42 Å². The summed E-state index contributed by atoms with van der Waals surface area (Å²) >= 11 is 0. The first-order chi connectivity index (χ1) is 11.6. The molecule has 0 unspecified atom stereocenters. The largest absolute Gasteiger partial charge is 0.367 e. The smallest absolute Gasteiger partial charge is 0.254 e. The van der Waals surface area contributed by atoms with Crippen molar-refractivity contribution in [1.82, 2.24) is 14.8 Å². The number of aromatic nitrogens is 1. The summed E-state index contributed by atoms with van der Waals surface area (Å²) in [4.78, 5) is 31.9. The highest BCUT2D eigenvalue weighted by Crippen LogP contribution is 2.13. The zero-order valence-corrected chi connectivity index (χ0v) is 14.0. The maximum atomic E-state index is 12.7. The second kappa shape index (κ2) is 7.34. The van der Waals surface area contributed by atoms with Crippen LogP contribution in [0.1, 0.15) is 27.9 Å². The summed E-state index contributed by atoms with van der Waals surface area (Å²) in [6, 6.07) is 9.58. The number of benzene rings is 1. The van der Waals surface area contributed by atoms with Crippen molar-refractivity contribution in [2.24, 2.45) is 0 Å². The van der Waals surface area contributed by atoms with Gasteiger partial charge in [-0.15, -0.1) is 0 Å². The SMILES string of the molecule is Cc1ccccc1C(=O)N1CCCN(C(=O)Cc2cc[nH]c2)CC1. The quantitative estimate of drug-likeness (QED) is 0.941. The van der Waals surface area contributed by atoms with Gasteiger partial charge in [0, 0.05) is 44.1 Å². The molecule has 1 fully saturated rings. The fraction of sp³-hybridized carbons (Fsp3) is 0.368. The highest BCUT2D eigenvalue weighted by atomic mass is 16.2. The number of carbonyl (C=O) groups excluding carboxylic acids is 2. The fourth-order valence-corrected chi connectivity index (χ4v) is 3.11. The van der Waals surface area contributed by atoms with Crippen molar-refractivity contribution in [3.63, 3.8) is 0 Å². The van der Waals surface area contributed by atoms with E-state index in [4.69, 9.17) is 0 Å². The summed E-state index contributed by atoms with van der Waals surface area (Å²) in [5.74, 6) is 0.188. The van der Waals surface area contributed by atoms with Crippen molar-refractivity contribution in [2.45, 2.75) is 19.8 Å². The summed E-state index contributed by atoms with van der Waals surface area (Å²) in [6.45, 7) is 4.55. The van der Waals surface area contributed by atoms with Crippen molar-refractivity contribution in [1.29, 1.82) is 0 Å². The Morgan fingerprint density at radius 1 is 1.04 bits per heavy atom. The van der Waals surface area contributed by atoms with E-state index in [9.17, 15) is 9.59 Å². The third-order valence-corrected chi connectivity index (χ3v) is 4.53. The van der Waals surface area contributed by atoms with E-state index in [-0.39, 0.29) is 11.8 Å². The molecule has 0 radical (unpaired) electrons. The second-order valence-electron chi connectivity index (χ2n) is 6.24. The Bertz CT molecular complexity index is 709. The highest BCUT2D eigenvalue weighted by molar-refractivity contribution is 5.95. The summed E-state index contributed by atoms with van der Waals surface area (Å²) in [5, 5.41) is 0. The van der Waals surface area contributed by atoms with Gasteiger partial charge in [0.2, 0.25) is 5.91 Å². The van der Waals surface area contributed by atoms with Crippen LogP contribution in [0.5, 0.6) is 0 Å². The van der Waals surface area contributed by atoms with Gasteiger partial charge in [-0.25, -0.2) is 0 Å². The van der Waals surface area contributed by atoms with E-state index < -0.39 is 0 Å². The first-order valence-electron chi connectivity index (χ1n) is 8.39. The van der Waals surface area contributed by atoms with Crippen LogP contribution in [0.25, 0.3) is 0 Å². The Morgan fingerprint density at radius 3 is 2.54 bits per heavy atom. The van der Waals surface area contributed by atoms with Gasteiger partial charge in [-0.3, -0.25) is 9.59 Å². The van der Waals surface area contributed by atoms with E-state index in [0.29, 0.717) is 32.6 Å². The number of nitrogens with zero attached hydrogens (tertiary/aromatic N) is 2. The fourth-order valence-electron chi connectivity index (χ4n) is 3.11. The maximum Gasteiger partial charge on any atom is 0.254 e. The summed E-state index contributed by atoms with van der Waals surface area (Å²) in [6.07, 6.45) is 4.91. The van der Waals surface area contributed by atoms with E-state index >= 15 is 0 Å². The van der Waals surface area contributed by atoms with E-state index in [0.717, 1.165) is 23.1 Å². The van der Waals surface area contributed by atoms with Crippen LogP contribution in [0.4, 0.5) is 0 Å². The lowest BCUT2D eigenvalue weighted by Gasteiger charge is -2.22. The third kappa shape index (κ3) is 3.67. The zero-order chi connectivity index (χ0) is 16.9.